The fourth-order valence-corrected chi connectivity index (χ4v) is 2.92. The zero-order valence-corrected chi connectivity index (χ0v) is 13.2. The molecule has 0 heterocycles. The third kappa shape index (κ3) is 4.38. The second-order valence-corrected chi connectivity index (χ2v) is 5.93. The van der Waals surface area contributed by atoms with Gasteiger partial charge in [0.2, 0.25) is 0 Å². The molecule has 0 saturated heterocycles. The van der Waals surface area contributed by atoms with Crippen molar-refractivity contribution >= 4 is 11.7 Å². The number of rotatable bonds is 4. The van der Waals surface area contributed by atoms with Crippen molar-refractivity contribution in [1.82, 2.24) is 5.32 Å². The van der Waals surface area contributed by atoms with E-state index in [1.807, 2.05) is 31.2 Å². The summed E-state index contributed by atoms with van der Waals surface area (Å²) in [6, 6.07) is 7.60. The minimum atomic E-state index is -0.120. The number of amides is 2. The van der Waals surface area contributed by atoms with E-state index in [9.17, 15) is 4.79 Å². The van der Waals surface area contributed by atoms with Crippen LogP contribution in [-0.4, -0.2) is 18.7 Å². The van der Waals surface area contributed by atoms with Crippen molar-refractivity contribution in [3.05, 3.63) is 24.3 Å². The quantitative estimate of drug-likeness (QED) is 0.879. The lowest BCUT2D eigenvalue weighted by Crippen LogP contribution is -2.45. The molecular weight excluding hydrogens is 264 g/mol. The molecule has 21 heavy (non-hydrogen) atoms. The van der Waals surface area contributed by atoms with Crippen LogP contribution in [0.2, 0.25) is 0 Å². The number of hydrogen-bond acceptors (Lipinski definition) is 2. The maximum atomic E-state index is 12.1. The first-order valence-corrected chi connectivity index (χ1v) is 7.90. The van der Waals surface area contributed by atoms with Crippen molar-refractivity contribution in [2.75, 3.05) is 11.9 Å². The summed E-state index contributed by atoms with van der Waals surface area (Å²) in [6.45, 7) is 7.09. The third-order valence-electron chi connectivity index (χ3n) is 4.45. The van der Waals surface area contributed by atoms with E-state index in [2.05, 4.69) is 24.5 Å². The lowest BCUT2D eigenvalue weighted by Gasteiger charge is -2.34. The molecule has 1 aliphatic carbocycles. The fourth-order valence-electron chi connectivity index (χ4n) is 2.92. The molecular formula is C17H26N2O2. The maximum Gasteiger partial charge on any atom is 0.319 e. The van der Waals surface area contributed by atoms with Gasteiger partial charge in [-0.15, -0.1) is 0 Å². The maximum absolute atomic E-state index is 12.1. The summed E-state index contributed by atoms with van der Waals surface area (Å²) in [5, 5.41) is 5.99. The van der Waals surface area contributed by atoms with Gasteiger partial charge in [-0.1, -0.05) is 26.7 Å². The Hall–Kier alpha value is -1.71. The SMILES string of the molecule is CCOc1ccc(NC(=O)NC2CCCC(C)C2C)cc1. The number of ether oxygens (including phenoxy) is 1. The number of urea groups is 1. The Bertz CT molecular complexity index is 458. The topological polar surface area (TPSA) is 50.4 Å². The van der Waals surface area contributed by atoms with Crippen LogP contribution in [0.25, 0.3) is 0 Å². The van der Waals surface area contributed by atoms with Gasteiger partial charge in [-0.2, -0.15) is 0 Å². The van der Waals surface area contributed by atoms with E-state index in [1.165, 1.54) is 12.8 Å². The number of hydrogen-bond donors (Lipinski definition) is 2. The predicted octanol–water partition coefficient (Wildman–Crippen LogP) is 4.03. The molecule has 0 bridgehead atoms. The Morgan fingerprint density at radius 3 is 2.62 bits per heavy atom. The second kappa shape index (κ2) is 7.34. The number of carbonyl (C=O) groups excluding carboxylic acids is 1. The van der Waals surface area contributed by atoms with Crippen LogP contribution in [0.4, 0.5) is 10.5 Å². The van der Waals surface area contributed by atoms with Crippen molar-refractivity contribution in [2.24, 2.45) is 11.8 Å². The largest absolute Gasteiger partial charge is 0.494 e. The van der Waals surface area contributed by atoms with E-state index >= 15 is 0 Å². The first kappa shape index (κ1) is 15.7. The van der Waals surface area contributed by atoms with E-state index in [-0.39, 0.29) is 12.1 Å². The van der Waals surface area contributed by atoms with Gasteiger partial charge in [0.15, 0.2) is 0 Å². The highest BCUT2D eigenvalue weighted by Gasteiger charge is 2.28. The van der Waals surface area contributed by atoms with Crippen molar-refractivity contribution in [1.29, 1.82) is 0 Å². The third-order valence-corrected chi connectivity index (χ3v) is 4.45. The van der Waals surface area contributed by atoms with E-state index in [1.54, 1.807) is 0 Å². The summed E-state index contributed by atoms with van der Waals surface area (Å²) in [6.07, 6.45) is 3.53. The summed E-state index contributed by atoms with van der Waals surface area (Å²) in [7, 11) is 0. The monoisotopic (exact) mass is 290 g/mol. The average Bonchev–Trinajstić information content (AvgIpc) is 2.46. The van der Waals surface area contributed by atoms with Crippen LogP contribution in [0.1, 0.15) is 40.0 Å². The highest BCUT2D eigenvalue weighted by atomic mass is 16.5. The molecule has 0 spiro atoms. The molecule has 1 aromatic rings. The van der Waals surface area contributed by atoms with Crippen LogP contribution in [0.3, 0.4) is 0 Å². The fraction of sp³-hybridized carbons (Fsp3) is 0.588. The Kier molecular flexibility index (Phi) is 5.48. The van der Waals surface area contributed by atoms with Gasteiger partial charge in [-0.25, -0.2) is 4.79 Å². The first-order valence-electron chi connectivity index (χ1n) is 7.90. The van der Waals surface area contributed by atoms with Crippen molar-refractivity contribution in [2.45, 2.75) is 46.1 Å². The highest BCUT2D eigenvalue weighted by molar-refractivity contribution is 5.89. The molecule has 4 heteroatoms. The Balaban J connectivity index is 1.86. The zero-order valence-electron chi connectivity index (χ0n) is 13.2. The summed E-state index contributed by atoms with van der Waals surface area (Å²) in [5.41, 5.74) is 0.785. The van der Waals surface area contributed by atoms with Gasteiger partial charge in [-0.3, -0.25) is 0 Å². The summed E-state index contributed by atoms with van der Waals surface area (Å²) in [5.74, 6) is 2.03. The van der Waals surface area contributed by atoms with Gasteiger partial charge in [0.05, 0.1) is 6.61 Å². The standard InChI is InChI=1S/C17H26N2O2/c1-4-21-15-10-8-14(9-11-15)18-17(20)19-16-7-5-6-12(2)13(16)3/h8-13,16H,4-7H2,1-3H3,(H2,18,19,20). The molecule has 1 fully saturated rings. The van der Waals surface area contributed by atoms with Crippen molar-refractivity contribution in [3.8, 4) is 5.75 Å². The van der Waals surface area contributed by atoms with Gasteiger partial charge in [-0.05, 0) is 49.4 Å². The van der Waals surface area contributed by atoms with E-state index < -0.39 is 0 Å². The van der Waals surface area contributed by atoms with Crippen molar-refractivity contribution < 1.29 is 9.53 Å². The molecule has 0 aromatic heterocycles. The predicted molar refractivity (Wildman–Crippen MR) is 85.7 cm³/mol. The molecule has 1 aromatic carbocycles. The zero-order chi connectivity index (χ0) is 15.2. The number of benzene rings is 1. The minimum Gasteiger partial charge on any atom is -0.494 e. The number of anilines is 1. The first-order chi connectivity index (χ1) is 10.1. The summed E-state index contributed by atoms with van der Waals surface area (Å²) < 4.78 is 5.38. The van der Waals surface area contributed by atoms with Crippen LogP contribution in [0.5, 0.6) is 5.75 Å². The van der Waals surface area contributed by atoms with Gasteiger partial charge in [0, 0.05) is 11.7 Å². The molecule has 0 aliphatic heterocycles. The van der Waals surface area contributed by atoms with E-state index in [4.69, 9.17) is 4.74 Å². The van der Waals surface area contributed by atoms with Gasteiger partial charge >= 0.3 is 6.03 Å². The minimum absolute atomic E-state index is 0.120. The highest BCUT2D eigenvalue weighted by Crippen LogP contribution is 2.29. The molecule has 3 atom stereocenters. The molecule has 1 saturated carbocycles. The molecule has 0 radical (unpaired) electrons. The summed E-state index contributed by atoms with van der Waals surface area (Å²) >= 11 is 0. The van der Waals surface area contributed by atoms with E-state index in [0.29, 0.717) is 18.4 Å². The lowest BCUT2D eigenvalue weighted by molar-refractivity contribution is 0.201. The Morgan fingerprint density at radius 2 is 1.95 bits per heavy atom. The molecule has 1 aliphatic rings. The number of carbonyl (C=O) groups is 1. The van der Waals surface area contributed by atoms with Crippen LogP contribution >= 0.6 is 0 Å². The molecule has 2 N–H and O–H groups in total. The van der Waals surface area contributed by atoms with Gasteiger partial charge in [0.1, 0.15) is 5.75 Å². The van der Waals surface area contributed by atoms with Crippen LogP contribution in [0.15, 0.2) is 24.3 Å². The molecule has 3 unspecified atom stereocenters. The van der Waals surface area contributed by atoms with E-state index in [0.717, 1.165) is 17.9 Å². The van der Waals surface area contributed by atoms with Crippen molar-refractivity contribution in [3.63, 3.8) is 0 Å². The number of nitrogens with one attached hydrogen (secondary N) is 2. The molecule has 2 rings (SSSR count). The Labute approximate surface area is 127 Å². The molecule has 4 nitrogen and oxygen atoms in total. The normalized spacial score (nSPS) is 25.2. The van der Waals surface area contributed by atoms with Crippen LogP contribution < -0.4 is 15.4 Å². The van der Waals surface area contributed by atoms with Crippen LogP contribution in [-0.2, 0) is 0 Å². The lowest BCUT2D eigenvalue weighted by atomic mass is 9.78. The molecule has 2 amide bonds. The van der Waals surface area contributed by atoms with Gasteiger partial charge < -0.3 is 15.4 Å². The van der Waals surface area contributed by atoms with Gasteiger partial charge in [0.25, 0.3) is 0 Å². The second-order valence-electron chi connectivity index (χ2n) is 5.93. The Morgan fingerprint density at radius 1 is 1.24 bits per heavy atom. The summed E-state index contributed by atoms with van der Waals surface area (Å²) in [4.78, 5) is 12.1. The average molecular weight is 290 g/mol. The smallest absolute Gasteiger partial charge is 0.319 e. The van der Waals surface area contributed by atoms with Crippen LogP contribution in [0, 0.1) is 11.8 Å². The molecule has 116 valence electrons.